The van der Waals surface area contributed by atoms with E-state index in [4.69, 9.17) is 12.2 Å². The second-order valence-corrected chi connectivity index (χ2v) is 8.60. The topological polar surface area (TPSA) is 61.4 Å². The van der Waals surface area contributed by atoms with Gasteiger partial charge in [-0.05, 0) is 54.9 Å². The van der Waals surface area contributed by atoms with Crippen molar-refractivity contribution >= 4 is 33.0 Å². The second-order valence-electron chi connectivity index (χ2n) is 6.14. The van der Waals surface area contributed by atoms with Gasteiger partial charge in [-0.1, -0.05) is 30.3 Å². The van der Waals surface area contributed by atoms with Gasteiger partial charge in [0.1, 0.15) is 0 Å². The van der Waals surface area contributed by atoms with Crippen molar-refractivity contribution in [3.63, 3.8) is 0 Å². The largest absolute Gasteiger partial charge is 0.360 e. The highest BCUT2D eigenvalue weighted by molar-refractivity contribution is 7.89. The molecule has 1 saturated carbocycles. The molecule has 0 saturated heterocycles. The summed E-state index contributed by atoms with van der Waals surface area (Å²) in [4.78, 5) is 0.262. The van der Waals surface area contributed by atoms with E-state index in [-0.39, 0.29) is 4.90 Å². The summed E-state index contributed by atoms with van der Waals surface area (Å²) in [5.41, 5.74) is 1.71. The smallest absolute Gasteiger partial charge is 0.243 e. The minimum absolute atomic E-state index is 0.262. The first kappa shape index (κ1) is 17.8. The van der Waals surface area contributed by atoms with Crippen molar-refractivity contribution in [2.75, 3.05) is 12.4 Å². The summed E-state index contributed by atoms with van der Waals surface area (Å²) >= 11 is 5.22. The molecular formula is C18H21N3O2S2. The molecule has 2 aromatic carbocycles. The van der Waals surface area contributed by atoms with Gasteiger partial charge in [0, 0.05) is 25.3 Å². The molecule has 2 aromatic rings. The third kappa shape index (κ3) is 4.78. The number of nitrogens with zero attached hydrogens (tertiary/aromatic N) is 1. The van der Waals surface area contributed by atoms with Crippen LogP contribution < -0.4 is 10.6 Å². The first-order valence-corrected chi connectivity index (χ1v) is 9.98. The van der Waals surface area contributed by atoms with Gasteiger partial charge in [0.25, 0.3) is 0 Å². The van der Waals surface area contributed by atoms with Gasteiger partial charge >= 0.3 is 0 Å². The average molecular weight is 376 g/mol. The van der Waals surface area contributed by atoms with Crippen LogP contribution >= 0.6 is 12.2 Å². The fourth-order valence-electron chi connectivity index (χ4n) is 2.40. The number of anilines is 1. The van der Waals surface area contributed by atoms with Gasteiger partial charge in [-0.15, -0.1) is 0 Å². The molecule has 1 aliphatic carbocycles. The molecule has 0 radical (unpaired) electrons. The third-order valence-corrected chi connectivity index (χ3v) is 6.02. The van der Waals surface area contributed by atoms with E-state index in [1.165, 1.54) is 4.31 Å². The molecule has 132 valence electrons. The van der Waals surface area contributed by atoms with Crippen LogP contribution in [0.4, 0.5) is 5.69 Å². The van der Waals surface area contributed by atoms with Crippen molar-refractivity contribution in [3.8, 4) is 0 Å². The maximum atomic E-state index is 12.7. The second kappa shape index (κ2) is 7.51. The van der Waals surface area contributed by atoms with E-state index in [2.05, 4.69) is 10.6 Å². The predicted octanol–water partition coefficient (Wildman–Crippen LogP) is 2.96. The lowest BCUT2D eigenvalue weighted by atomic mass is 10.2. The molecule has 0 bridgehead atoms. The Bertz CT molecular complexity index is 832. The van der Waals surface area contributed by atoms with Crippen LogP contribution in [0.15, 0.2) is 59.5 Å². The minimum atomic E-state index is -3.53. The monoisotopic (exact) mass is 375 g/mol. The molecule has 0 amide bonds. The highest BCUT2D eigenvalue weighted by Gasteiger charge is 2.22. The lowest BCUT2D eigenvalue weighted by Gasteiger charge is -2.18. The van der Waals surface area contributed by atoms with Crippen molar-refractivity contribution in [2.45, 2.75) is 30.3 Å². The Balaban J connectivity index is 1.66. The van der Waals surface area contributed by atoms with Crippen LogP contribution in [-0.2, 0) is 16.6 Å². The van der Waals surface area contributed by atoms with E-state index in [1.807, 2.05) is 30.3 Å². The van der Waals surface area contributed by atoms with Gasteiger partial charge in [0.05, 0.1) is 4.90 Å². The number of hydrogen-bond donors (Lipinski definition) is 2. The number of rotatable bonds is 6. The Kier molecular flexibility index (Phi) is 5.36. The Hall–Kier alpha value is -1.96. The van der Waals surface area contributed by atoms with Gasteiger partial charge in [-0.2, -0.15) is 4.31 Å². The minimum Gasteiger partial charge on any atom is -0.360 e. The van der Waals surface area contributed by atoms with Crippen molar-refractivity contribution in [2.24, 2.45) is 0 Å². The summed E-state index contributed by atoms with van der Waals surface area (Å²) in [7, 11) is -1.95. The summed E-state index contributed by atoms with van der Waals surface area (Å²) in [5.74, 6) is 0. The molecule has 0 aromatic heterocycles. The van der Waals surface area contributed by atoms with Crippen molar-refractivity contribution in [1.82, 2.24) is 9.62 Å². The normalized spacial score (nSPS) is 14.3. The molecule has 0 heterocycles. The molecule has 1 aliphatic rings. The van der Waals surface area contributed by atoms with Crippen LogP contribution in [0.2, 0.25) is 0 Å². The molecule has 0 aliphatic heterocycles. The molecule has 7 heteroatoms. The molecule has 3 rings (SSSR count). The standard InChI is InChI=1S/C18H21N3O2S2/c1-21(13-14-5-3-2-4-6-14)25(22,23)17-11-9-16(10-12-17)20-18(24)19-15-7-8-15/h2-6,9-12,15H,7-8,13H2,1H3,(H2,19,20,24). The summed E-state index contributed by atoms with van der Waals surface area (Å²) < 4.78 is 26.7. The molecular weight excluding hydrogens is 354 g/mol. The van der Waals surface area contributed by atoms with Crippen molar-refractivity contribution in [1.29, 1.82) is 0 Å². The fraction of sp³-hybridized carbons (Fsp3) is 0.278. The zero-order chi connectivity index (χ0) is 17.9. The van der Waals surface area contributed by atoms with Crippen LogP contribution in [0.3, 0.4) is 0 Å². The van der Waals surface area contributed by atoms with Crippen molar-refractivity contribution < 1.29 is 8.42 Å². The maximum Gasteiger partial charge on any atom is 0.243 e. The Morgan fingerprint density at radius 1 is 1.12 bits per heavy atom. The van der Waals surface area contributed by atoms with Crippen LogP contribution in [0.5, 0.6) is 0 Å². The number of thiocarbonyl (C=S) groups is 1. The Morgan fingerprint density at radius 3 is 2.36 bits per heavy atom. The Labute approximate surface area is 154 Å². The fourth-order valence-corrected chi connectivity index (χ4v) is 3.84. The summed E-state index contributed by atoms with van der Waals surface area (Å²) in [6.07, 6.45) is 2.29. The third-order valence-electron chi connectivity index (χ3n) is 3.98. The van der Waals surface area contributed by atoms with E-state index < -0.39 is 10.0 Å². The van der Waals surface area contributed by atoms with Gasteiger partial charge in [0.2, 0.25) is 10.0 Å². The highest BCUT2D eigenvalue weighted by atomic mass is 32.2. The number of benzene rings is 2. The van der Waals surface area contributed by atoms with E-state index in [1.54, 1.807) is 31.3 Å². The van der Waals surface area contributed by atoms with Crippen molar-refractivity contribution in [3.05, 3.63) is 60.2 Å². The summed E-state index contributed by atoms with van der Waals surface area (Å²) in [6, 6.07) is 16.6. The zero-order valence-corrected chi connectivity index (χ0v) is 15.6. The lowest BCUT2D eigenvalue weighted by molar-refractivity contribution is 0.467. The molecule has 25 heavy (non-hydrogen) atoms. The maximum absolute atomic E-state index is 12.7. The van der Waals surface area contributed by atoms with E-state index >= 15 is 0 Å². The van der Waals surface area contributed by atoms with E-state index in [9.17, 15) is 8.42 Å². The average Bonchev–Trinajstić information content (AvgIpc) is 3.40. The molecule has 0 atom stereocenters. The van der Waals surface area contributed by atoms with E-state index in [0.717, 1.165) is 24.1 Å². The Morgan fingerprint density at radius 2 is 1.76 bits per heavy atom. The van der Waals surface area contributed by atoms with Gasteiger partial charge in [-0.25, -0.2) is 8.42 Å². The molecule has 5 nitrogen and oxygen atoms in total. The lowest BCUT2D eigenvalue weighted by Crippen LogP contribution is -2.30. The van der Waals surface area contributed by atoms with E-state index in [0.29, 0.717) is 17.7 Å². The highest BCUT2D eigenvalue weighted by Crippen LogP contribution is 2.21. The number of nitrogens with one attached hydrogen (secondary N) is 2. The van der Waals surface area contributed by atoms with Crippen LogP contribution in [0.25, 0.3) is 0 Å². The number of hydrogen-bond acceptors (Lipinski definition) is 3. The molecule has 2 N–H and O–H groups in total. The summed E-state index contributed by atoms with van der Waals surface area (Å²) in [5, 5.41) is 6.83. The van der Waals surface area contributed by atoms with Gasteiger partial charge in [0.15, 0.2) is 5.11 Å². The van der Waals surface area contributed by atoms with Crippen LogP contribution in [0.1, 0.15) is 18.4 Å². The quantitative estimate of drug-likeness (QED) is 0.760. The number of sulfonamides is 1. The first-order chi connectivity index (χ1) is 11.9. The first-order valence-electron chi connectivity index (χ1n) is 8.13. The zero-order valence-electron chi connectivity index (χ0n) is 14.0. The SMILES string of the molecule is CN(Cc1ccccc1)S(=O)(=O)c1ccc(NC(=S)NC2CC2)cc1. The van der Waals surface area contributed by atoms with Crippen LogP contribution in [0, 0.1) is 0 Å². The molecule has 1 fully saturated rings. The predicted molar refractivity (Wildman–Crippen MR) is 104 cm³/mol. The summed E-state index contributed by atoms with van der Waals surface area (Å²) in [6.45, 7) is 0.332. The van der Waals surface area contributed by atoms with Gasteiger partial charge < -0.3 is 10.6 Å². The molecule has 0 unspecified atom stereocenters. The van der Waals surface area contributed by atoms with Gasteiger partial charge in [-0.3, -0.25) is 0 Å². The molecule has 0 spiro atoms. The van der Waals surface area contributed by atoms with Crippen LogP contribution in [-0.4, -0.2) is 30.9 Å².